The molecule has 0 unspecified atom stereocenters. The van der Waals surface area contributed by atoms with Crippen LogP contribution in [0.15, 0.2) is 18.2 Å². The van der Waals surface area contributed by atoms with Gasteiger partial charge in [-0.1, -0.05) is 39.7 Å². The molecule has 0 radical (unpaired) electrons. The monoisotopic (exact) mass is 241 g/mol. The Morgan fingerprint density at radius 2 is 2.08 bits per heavy atom. The highest BCUT2D eigenvalue weighted by molar-refractivity contribution is 9.09. The summed E-state index contributed by atoms with van der Waals surface area (Å²) in [5, 5.41) is 3.26. The van der Waals surface area contributed by atoms with E-state index in [1.807, 2.05) is 0 Å². The molecule has 0 heterocycles. The van der Waals surface area contributed by atoms with Crippen molar-refractivity contribution < 1.29 is 0 Å². The number of hydrogen-bond acceptors (Lipinski definition) is 1. The molecule has 0 saturated carbocycles. The van der Waals surface area contributed by atoms with Gasteiger partial charge in [0.25, 0.3) is 0 Å². The van der Waals surface area contributed by atoms with Gasteiger partial charge < -0.3 is 5.32 Å². The van der Waals surface area contributed by atoms with Crippen LogP contribution in [0.1, 0.15) is 16.7 Å². The van der Waals surface area contributed by atoms with E-state index in [-0.39, 0.29) is 0 Å². The van der Waals surface area contributed by atoms with E-state index in [1.54, 1.807) is 0 Å². The van der Waals surface area contributed by atoms with Crippen molar-refractivity contribution in [1.29, 1.82) is 0 Å². The fourth-order valence-electron chi connectivity index (χ4n) is 1.36. The molecule has 0 aliphatic carbocycles. The van der Waals surface area contributed by atoms with Crippen molar-refractivity contribution in [1.82, 2.24) is 5.32 Å². The molecule has 2 heteroatoms. The van der Waals surface area contributed by atoms with Gasteiger partial charge in [-0.15, -0.1) is 0 Å². The van der Waals surface area contributed by atoms with Gasteiger partial charge in [0, 0.05) is 0 Å². The van der Waals surface area contributed by atoms with E-state index in [1.165, 1.54) is 16.7 Å². The Bertz CT molecular complexity index is 271. The smallest absolute Gasteiger partial charge is 0.0517 e. The number of alkyl halides is 1. The van der Waals surface area contributed by atoms with Gasteiger partial charge in [-0.2, -0.15) is 0 Å². The van der Waals surface area contributed by atoms with Gasteiger partial charge in [-0.3, -0.25) is 0 Å². The molecule has 0 spiro atoms. The molecule has 0 saturated heterocycles. The second-order valence-corrected chi connectivity index (χ2v) is 3.87. The van der Waals surface area contributed by atoms with E-state index in [9.17, 15) is 0 Å². The quantitative estimate of drug-likeness (QED) is 0.486. The molecule has 1 aromatic carbocycles. The first-order valence-electron chi connectivity index (χ1n) is 4.57. The molecule has 1 rings (SSSR count). The first-order valence-corrected chi connectivity index (χ1v) is 5.69. The zero-order chi connectivity index (χ0) is 9.68. The number of hydrogen-bond donors (Lipinski definition) is 1. The van der Waals surface area contributed by atoms with Crippen molar-refractivity contribution in [3.63, 3.8) is 0 Å². The maximum atomic E-state index is 3.34. The summed E-state index contributed by atoms with van der Waals surface area (Å²) < 4.78 is 0. The van der Waals surface area contributed by atoms with Crippen molar-refractivity contribution in [3.05, 3.63) is 34.9 Å². The van der Waals surface area contributed by atoms with E-state index in [0.717, 1.165) is 18.4 Å². The zero-order valence-electron chi connectivity index (χ0n) is 8.23. The molecule has 1 aromatic rings. The Morgan fingerprint density at radius 3 is 2.77 bits per heavy atom. The Labute approximate surface area is 88.7 Å². The zero-order valence-corrected chi connectivity index (χ0v) is 9.82. The molecule has 0 bridgehead atoms. The fraction of sp³-hybridized carbons (Fsp3) is 0.455. The Balaban J connectivity index is 2.59. The normalized spacial score (nSPS) is 10.4. The number of nitrogens with one attached hydrogen (secondary N) is 1. The van der Waals surface area contributed by atoms with Gasteiger partial charge in [-0.25, -0.2) is 0 Å². The van der Waals surface area contributed by atoms with Crippen LogP contribution >= 0.6 is 15.9 Å². The van der Waals surface area contributed by atoms with Crippen molar-refractivity contribution in [2.24, 2.45) is 0 Å². The summed E-state index contributed by atoms with van der Waals surface area (Å²) in [7, 11) is 0. The lowest BCUT2D eigenvalue weighted by Crippen LogP contribution is -2.14. The topological polar surface area (TPSA) is 12.0 Å². The predicted octanol–water partition coefficient (Wildman–Crippen LogP) is 2.79. The standard InChI is InChI=1S/C11H16BrN/c1-9-3-4-10(2)11(7-9)5-6-13-8-12/h3-4,7,13H,5-6,8H2,1-2H3. The SMILES string of the molecule is Cc1ccc(C)c(CCNCBr)c1. The Morgan fingerprint density at radius 1 is 1.31 bits per heavy atom. The van der Waals surface area contributed by atoms with Crippen molar-refractivity contribution in [2.45, 2.75) is 20.3 Å². The molecule has 0 aliphatic rings. The molecule has 0 aromatic heterocycles. The Kier molecular flexibility index (Phi) is 4.46. The van der Waals surface area contributed by atoms with Gasteiger partial charge in [-0.05, 0) is 37.9 Å². The average molecular weight is 242 g/mol. The summed E-state index contributed by atoms with van der Waals surface area (Å²) >= 11 is 3.34. The maximum absolute atomic E-state index is 3.34. The molecule has 1 nitrogen and oxygen atoms in total. The maximum Gasteiger partial charge on any atom is 0.0517 e. The van der Waals surface area contributed by atoms with Crippen LogP contribution in [0.3, 0.4) is 0 Å². The number of benzene rings is 1. The summed E-state index contributed by atoms with van der Waals surface area (Å²) in [6.07, 6.45) is 1.11. The largest absolute Gasteiger partial charge is 0.307 e. The van der Waals surface area contributed by atoms with Crippen LogP contribution in [0.25, 0.3) is 0 Å². The third-order valence-corrected chi connectivity index (χ3v) is 2.57. The van der Waals surface area contributed by atoms with Crippen molar-refractivity contribution in [3.8, 4) is 0 Å². The van der Waals surface area contributed by atoms with E-state index >= 15 is 0 Å². The number of aryl methyl sites for hydroxylation is 2. The molecule has 72 valence electrons. The first-order chi connectivity index (χ1) is 6.24. The summed E-state index contributed by atoms with van der Waals surface area (Å²) in [5.41, 5.74) is 5.06. The predicted molar refractivity (Wildman–Crippen MR) is 61.4 cm³/mol. The van der Waals surface area contributed by atoms with Crippen LogP contribution in [-0.2, 0) is 6.42 Å². The van der Waals surface area contributed by atoms with E-state index in [4.69, 9.17) is 0 Å². The second kappa shape index (κ2) is 5.40. The minimum Gasteiger partial charge on any atom is -0.307 e. The highest BCUT2D eigenvalue weighted by atomic mass is 79.9. The Hall–Kier alpha value is -0.340. The molecular weight excluding hydrogens is 226 g/mol. The fourth-order valence-corrected chi connectivity index (χ4v) is 1.64. The third kappa shape index (κ3) is 3.49. The second-order valence-electron chi connectivity index (χ2n) is 3.31. The molecule has 0 amide bonds. The van der Waals surface area contributed by atoms with E-state index in [0.29, 0.717) is 0 Å². The minimum atomic E-state index is 0.873. The summed E-state index contributed by atoms with van der Waals surface area (Å²) in [6, 6.07) is 6.63. The lowest BCUT2D eigenvalue weighted by atomic mass is 10.0. The van der Waals surface area contributed by atoms with Crippen molar-refractivity contribution in [2.75, 3.05) is 12.0 Å². The van der Waals surface area contributed by atoms with Crippen molar-refractivity contribution >= 4 is 15.9 Å². The van der Waals surface area contributed by atoms with Crippen LogP contribution in [0.5, 0.6) is 0 Å². The average Bonchev–Trinajstić information content (AvgIpc) is 2.11. The molecular formula is C11H16BrN. The molecule has 0 aliphatic heterocycles. The molecule has 1 N–H and O–H groups in total. The van der Waals surface area contributed by atoms with Crippen LogP contribution < -0.4 is 5.32 Å². The van der Waals surface area contributed by atoms with Crippen LogP contribution in [0.4, 0.5) is 0 Å². The minimum absolute atomic E-state index is 0.873. The highest BCUT2D eigenvalue weighted by Gasteiger charge is 1.97. The summed E-state index contributed by atoms with van der Waals surface area (Å²) in [5.74, 6) is 0. The summed E-state index contributed by atoms with van der Waals surface area (Å²) in [4.78, 5) is 0. The number of halogens is 1. The van der Waals surface area contributed by atoms with Gasteiger partial charge in [0.05, 0.1) is 5.45 Å². The van der Waals surface area contributed by atoms with Gasteiger partial charge in [0.2, 0.25) is 0 Å². The van der Waals surface area contributed by atoms with E-state index in [2.05, 4.69) is 53.3 Å². The third-order valence-electron chi connectivity index (χ3n) is 2.17. The summed E-state index contributed by atoms with van der Waals surface area (Å²) in [6.45, 7) is 5.35. The van der Waals surface area contributed by atoms with Gasteiger partial charge in [0.1, 0.15) is 0 Å². The van der Waals surface area contributed by atoms with Gasteiger partial charge in [0.15, 0.2) is 0 Å². The number of rotatable bonds is 4. The molecule has 0 atom stereocenters. The lowest BCUT2D eigenvalue weighted by Gasteiger charge is -2.06. The first kappa shape index (κ1) is 10.7. The van der Waals surface area contributed by atoms with Gasteiger partial charge >= 0.3 is 0 Å². The van der Waals surface area contributed by atoms with Crippen LogP contribution in [-0.4, -0.2) is 12.0 Å². The molecule has 13 heavy (non-hydrogen) atoms. The van der Waals surface area contributed by atoms with Crippen LogP contribution in [0, 0.1) is 13.8 Å². The van der Waals surface area contributed by atoms with E-state index < -0.39 is 0 Å². The lowest BCUT2D eigenvalue weighted by molar-refractivity contribution is 0.776. The highest BCUT2D eigenvalue weighted by Crippen LogP contribution is 2.10. The molecule has 0 fully saturated rings. The van der Waals surface area contributed by atoms with Crippen LogP contribution in [0.2, 0.25) is 0 Å².